The third kappa shape index (κ3) is 5.62. The number of fused-ring (bicyclic) bond motifs is 1. The molecular formula is C18H21N5O2S2. The minimum atomic E-state index is -3.38. The molecule has 0 saturated carbocycles. The number of thioether (sulfide) groups is 1. The number of sulfonamides is 1. The standard InChI is InChI=1S/C18H21N5O2S2/c1-23(2)17-11-14(7-8-19-17)12-21-27(24,25)10-9-26-18-13-20-15-5-3-4-6-16(15)22-18/h3-8,11,13,21H,9-10,12H2,1-2H3. The van der Waals surface area contributed by atoms with Gasteiger partial charge < -0.3 is 4.90 Å². The van der Waals surface area contributed by atoms with Crippen LogP contribution in [-0.4, -0.2) is 49.0 Å². The fourth-order valence-electron chi connectivity index (χ4n) is 2.35. The van der Waals surface area contributed by atoms with E-state index in [1.165, 1.54) is 11.8 Å². The Morgan fingerprint density at radius 1 is 1.11 bits per heavy atom. The summed E-state index contributed by atoms with van der Waals surface area (Å²) in [4.78, 5) is 14.9. The van der Waals surface area contributed by atoms with E-state index in [0.29, 0.717) is 10.8 Å². The van der Waals surface area contributed by atoms with Crippen LogP contribution in [0.2, 0.25) is 0 Å². The molecule has 0 fully saturated rings. The summed E-state index contributed by atoms with van der Waals surface area (Å²) in [5, 5.41) is 0.716. The van der Waals surface area contributed by atoms with Crippen molar-refractivity contribution in [3.63, 3.8) is 0 Å². The predicted octanol–water partition coefficient (Wildman–Crippen LogP) is 2.30. The summed E-state index contributed by atoms with van der Waals surface area (Å²) in [6, 6.07) is 11.3. The molecule has 2 aromatic heterocycles. The van der Waals surface area contributed by atoms with Crippen LogP contribution in [0.15, 0.2) is 53.8 Å². The quantitative estimate of drug-likeness (QED) is 0.577. The highest BCUT2D eigenvalue weighted by Gasteiger charge is 2.11. The highest BCUT2D eigenvalue weighted by atomic mass is 32.2. The molecule has 2 heterocycles. The number of pyridine rings is 1. The van der Waals surface area contributed by atoms with Crippen molar-refractivity contribution in [3.05, 3.63) is 54.4 Å². The lowest BCUT2D eigenvalue weighted by Crippen LogP contribution is -2.27. The summed E-state index contributed by atoms with van der Waals surface area (Å²) in [5.41, 5.74) is 2.49. The first-order valence-corrected chi connectivity index (χ1v) is 11.0. The molecule has 0 radical (unpaired) electrons. The maximum Gasteiger partial charge on any atom is 0.212 e. The first kappa shape index (κ1) is 19.5. The van der Waals surface area contributed by atoms with Crippen molar-refractivity contribution >= 4 is 38.6 Å². The van der Waals surface area contributed by atoms with Crippen LogP contribution in [0.4, 0.5) is 5.82 Å². The normalized spacial score (nSPS) is 11.6. The second kappa shape index (κ2) is 8.64. The van der Waals surface area contributed by atoms with Crippen molar-refractivity contribution in [2.45, 2.75) is 11.6 Å². The summed E-state index contributed by atoms with van der Waals surface area (Å²) < 4.78 is 27.1. The van der Waals surface area contributed by atoms with E-state index in [4.69, 9.17) is 0 Å². The Morgan fingerprint density at radius 2 is 1.89 bits per heavy atom. The van der Waals surface area contributed by atoms with Crippen LogP contribution >= 0.6 is 11.8 Å². The van der Waals surface area contributed by atoms with Gasteiger partial charge in [0.2, 0.25) is 10.0 Å². The van der Waals surface area contributed by atoms with Crippen LogP contribution in [0.3, 0.4) is 0 Å². The molecular weight excluding hydrogens is 382 g/mol. The maximum atomic E-state index is 12.2. The molecule has 3 rings (SSSR count). The second-order valence-electron chi connectivity index (χ2n) is 6.10. The summed E-state index contributed by atoms with van der Waals surface area (Å²) in [6.07, 6.45) is 3.35. The molecule has 0 aliphatic heterocycles. The van der Waals surface area contributed by atoms with Gasteiger partial charge in [0.15, 0.2) is 0 Å². The van der Waals surface area contributed by atoms with E-state index in [2.05, 4.69) is 19.7 Å². The zero-order valence-corrected chi connectivity index (χ0v) is 16.8. The van der Waals surface area contributed by atoms with Gasteiger partial charge in [-0.25, -0.2) is 23.1 Å². The van der Waals surface area contributed by atoms with Crippen LogP contribution in [0.25, 0.3) is 11.0 Å². The molecule has 1 aromatic carbocycles. The average molecular weight is 404 g/mol. The first-order chi connectivity index (χ1) is 12.9. The van der Waals surface area contributed by atoms with Gasteiger partial charge >= 0.3 is 0 Å². The zero-order valence-electron chi connectivity index (χ0n) is 15.2. The number of benzene rings is 1. The molecule has 27 heavy (non-hydrogen) atoms. The molecule has 0 aliphatic rings. The summed E-state index contributed by atoms with van der Waals surface area (Å²) in [5.74, 6) is 1.21. The molecule has 7 nitrogen and oxygen atoms in total. The molecule has 0 spiro atoms. The molecule has 0 unspecified atom stereocenters. The van der Waals surface area contributed by atoms with E-state index in [1.54, 1.807) is 18.5 Å². The van der Waals surface area contributed by atoms with Crippen molar-refractivity contribution in [1.29, 1.82) is 0 Å². The smallest absolute Gasteiger partial charge is 0.212 e. The number of anilines is 1. The van der Waals surface area contributed by atoms with E-state index in [0.717, 1.165) is 22.4 Å². The number of hydrogen-bond donors (Lipinski definition) is 1. The Bertz CT molecular complexity index is 1020. The van der Waals surface area contributed by atoms with Crippen LogP contribution in [0, 0.1) is 0 Å². The Kier molecular flexibility index (Phi) is 6.25. The van der Waals surface area contributed by atoms with E-state index >= 15 is 0 Å². The van der Waals surface area contributed by atoms with Gasteiger partial charge in [-0.15, -0.1) is 11.8 Å². The van der Waals surface area contributed by atoms with Crippen molar-refractivity contribution < 1.29 is 8.42 Å². The van der Waals surface area contributed by atoms with E-state index in [9.17, 15) is 8.42 Å². The third-order valence-electron chi connectivity index (χ3n) is 3.79. The molecule has 0 bridgehead atoms. The first-order valence-electron chi connectivity index (χ1n) is 8.37. The minimum Gasteiger partial charge on any atom is -0.363 e. The van der Waals surface area contributed by atoms with Gasteiger partial charge in [-0.3, -0.25) is 4.98 Å². The van der Waals surface area contributed by atoms with Crippen LogP contribution in [0.5, 0.6) is 0 Å². The Morgan fingerprint density at radius 3 is 2.67 bits per heavy atom. The number of para-hydroxylation sites is 2. The third-order valence-corrected chi connectivity index (χ3v) is 6.28. The summed E-state index contributed by atoms with van der Waals surface area (Å²) >= 11 is 1.38. The monoisotopic (exact) mass is 403 g/mol. The van der Waals surface area contributed by atoms with Crippen molar-refractivity contribution in [2.75, 3.05) is 30.5 Å². The molecule has 1 N–H and O–H groups in total. The zero-order chi connectivity index (χ0) is 19.3. The van der Waals surface area contributed by atoms with Crippen LogP contribution in [0.1, 0.15) is 5.56 Å². The molecule has 0 saturated heterocycles. The average Bonchev–Trinajstić information content (AvgIpc) is 2.66. The SMILES string of the molecule is CN(C)c1cc(CNS(=O)(=O)CCSc2cnc3ccccc3n2)ccn1. The fourth-order valence-corrected chi connectivity index (χ4v) is 4.59. The second-order valence-corrected chi connectivity index (χ2v) is 9.14. The Hall–Kier alpha value is -2.23. The fraction of sp³-hybridized carbons (Fsp3) is 0.278. The van der Waals surface area contributed by atoms with Gasteiger partial charge in [0, 0.05) is 32.6 Å². The van der Waals surface area contributed by atoms with E-state index in [1.807, 2.05) is 49.3 Å². The highest BCUT2D eigenvalue weighted by molar-refractivity contribution is 8.00. The Balaban J connectivity index is 1.52. The van der Waals surface area contributed by atoms with Crippen molar-refractivity contribution in [1.82, 2.24) is 19.7 Å². The number of rotatable bonds is 8. The number of nitrogens with zero attached hydrogens (tertiary/aromatic N) is 4. The summed E-state index contributed by atoms with van der Waals surface area (Å²) in [6.45, 7) is 0.242. The maximum absolute atomic E-state index is 12.2. The van der Waals surface area contributed by atoms with Gasteiger partial charge in [-0.1, -0.05) is 12.1 Å². The largest absolute Gasteiger partial charge is 0.363 e. The number of aromatic nitrogens is 3. The topological polar surface area (TPSA) is 88.1 Å². The molecule has 0 aliphatic carbocycles. The predicted molar refractivity (Wildman–Crippen MR) is 109 cm³/mol. The lowest BCUT2D eigenvalue weighted by Gasteiger charge is -2.12. The lowest BCUT2D eigenvalue weighted by molar-refractivity contribution is 0.583. The summed E-state index contributed by atoms with van der Waals surface area (Å²) in [7, 11) is 0.406. The van der Waals surface area contributed by atoms with E-state index < -0.39 is 10.0 Å². The Labute approximate surface area is 163 Å². The van der Waals surface area contributed by atoms with Gasteiger partial charge in [0.05, 0.1) is 23.0 Å². The van der Waals surface area contributed by atoms with Crippen molar-refractivity contribution in [2.24, 2.45) is 0 Å². The highest BCUT2D eigenvalue weighted by Crippen LogP contribution is 2.18. The van der Waals surface area contributed by atoms with Crippen molar-refractivity contribution in [3.8, 4) is 0 Å². The molecule has 0 atom stereocenters. The van der Waals surface area contributed by atoms with Gasteiger partial charge in [-0.2, -0.15) is 0 Å². The number of hydrogen-bond acceptors (Lipinski definition) is 7. The van der Waals surface area contributed by atoms with Gasteiger partial charge in [-0.05, 0) is 29.8 Å². The minimum absolute atomic E-state index is 0.0117. The van der Waals surface area contributed by atoms with E-state index in [-0.39, 0.29) is 12.3 Å². The van der Waals surface area contributed by atoms with Crippen LogP contribution in [-0.2, 0) is 16.6 Å². The van der Waals surface area contributed by atoms with Gasteiger partial charge in [0.1, 0.15) is 10.8 Å². The molecule has 142 valence electrons. The lowest BCUT2D eigenvalue weighted by atomic mass is 10.2. The molecule has 0 amide bonds. The molecule has 9 heteroatoms. The van der Waals surface area contributed by atoms with Crippen LogP contribution < -0.4 is 9.62 Å². The van der Waals surface area contributed by atoms with Gasteiger partial charge in [0.25, 0.3) is 0 Å². The number of nitrogens with one attached hydrogen (secondary N) is 1. The molecule has 3 aromatic rings.